The second kappa shape index (κ2) is 15.1. The highest BCUT2D eigenvalue weighted by atomic mass is 127. The summed E-state index contributed by atoms with van der Waals surface area (Å²) in [5, 5.41) is 16.2. The number of hydrogen-bond acceptors (Lipinski definition) is 4. The number of furan rings is 1. The lowest BCUT2D eigenvalue weighted by molar-refractivity contribution is 0.146. The standard InChI is InChI=1S/C22H40N4O2.HI/c1-4-23-22(24-16-19(10-13-27)15-18(2)3)25-17-20(21-9-8-14-28-21)26-11-6-5-7-12-26;/h8-9,14,18-20,27H,4-7,10-13,15-17H2,1-3H3,(H2,23,24,25);1H. The molecule has 0 spiro atoms. The van der Waals surface area contributed by atoms with E-state index in [1.165, 1.54) is 19.3 Å². The van der Waals surface area contributed by atoms with Gasteiger partial charge in [0.2, 0.25) is 0 Å². The second-order valence-electron chi connectivity index (χ2n) is 8.24. The molecule has 1 aliphatic heterocycles. The van der Waals surface area contributed by atoms with Gasteiger partial charge in [0.05, 0.1) is 12.3 Å². The molecule has 0 radical (unpaired) electrons. The van der Waals surface area contributed by atoms with Crippen LogP contribution in [0.15, 0.2) is 27.8 Å². The topological polar surface area (TPSA) is 73.0 Å². The zero-order chi connectivity index (χ0) is 20.2. The van der Waals surface area contributed by atoms with E-state index >= 15 is 0 Å². The largest absolute Gasteiger partial charge is 0.468 e. The summed E-state index contributed by atoms with van der Waals surface area (Å²) in [4.78, 5) is 7.34. The van der Waals surface area contributed by atoms with E-state index in [4.69, 9.17) is 9.41 Å². The minimum absolute atomic E-state index is 0. The highest BCUT2D eigenvalue weighted by Gasteiger charge is 2.24. The molecule has 2 rings (SSSR count). The maximum atomic E-state index is 9.35. The SMILES string of the molecule is CCNC(=NCC(CCO)CC(C)C)NCC(c1ccco1)N1CCCCC1.I. The quantitative estimate of drug-likeness (QED) is 0.234. The van der Waals surface area contributed by atoms with Crippen molar-refractivity contribution >= 4 is 29.9 Å². The lowest BCUT2D eigenvalue weighted by Gasteiger charge is -2.33. The maximum Gasteiger partial charge on any atom is 0.191 e. The average Bonchev–Trinajstić information content (AvgIpc) is 3.21. The zero-order valence-electron chi connectivity index (χ0n) is 18.4. The van der Waals surface area contributed by atoms with Gasteiger partial charge in [-0.3, -0.25) is 9.89 Å². The monoisotopic (exact) mass is 520 g/mol. The van der Waals surface area contributed by atoms with Crippen LogP contribution in [0.2, 0.25) is 0 Å². The number of rotatable bonds is 11. The van der Waals surface area contributed by atoms with Crippen LogP contribution < -0.4 is 10.6 Å². The lowest BCUT2D eigenvalue weighted by Crippen LogP contribution is -2.44. The summed E-state index contributed by atoms with van der Waals surface area (Å²) in [6.45, 7) is 11.3. The Kier molecular flexibility index (Phi) is 13.6. The van der Waals surface area contributed by atoms with Crippen molar-refractivity contribution in [1.29, 1.82) is 0 Å². The van der Waals surface area contributed by atoms with Gasteiger partial charge in [-0.05, 0) is 69.7 Å². The van der Waals surface area contributed by atoms with E-state index in [2.05, 4.69) is 42.4 Å². The minimum Gasteiger partial charge on any atom is -0.468 e. The molecule has 2 unspecified atom stereocenters. The molecule has 2 atom stereocenters. The highest BCUT2D eigenvalue weighted by Crippen LogP contribution is 2.24. The first kappa shape index (κ1) is 26.2. The number of aliphatic hydroxyl groups excluding tert-OH is 1. The Balaban J connectivity index is 0.00000420. The van der Waals surface area contributed by atoms with Crippen LogP contribution >= 0.6 is 24.0 Å². The van der Waals surface area contributed by atoms with E-state index in [1.54, 1.807) is 6.26 Å². The van der Waals surface area contributed by atoms with Gasteiger partial charge in [-0.15, -0.1) is 24.0 Å². The van der Waals surface area contributed by atoms with Crippen LogP contribution in [0.1, 0.15) is 64.7 Å². The predicted molar refractivity (Wildman–Crippen MR) is 131 cm³/mol. The molecule has 0 saturated carbocycles. The Morgan fingerprint density at radius 1 is 1.24 bits per heavy atom. The van der Waals surface area contributed by atoms with Crippen molar-refractivity contribution in [2.75, 3.05) is 39.3 Å². The van der Waals surface area contributed by atoms with Crippen molar-refractivity contribution in [3.63, 3.8) is 0 Å². The van der Waals surface area contributed by atoms with Gasteiger partial charge in [0.15, 0.2) is 5.96 Å². The molecule has 0 bridgehead atoms. The number of nitrogens with zero attached hydrogens (tertiary/aromatic N) is 2. The Morgan fingerprint density at radius 2 is 2.00 bits per heavy atom. The maximum absolute atomic E-state index is 9.35. The summed E-state index contributed by atoms with van der Waals surface area (Å²) in [5.41, 5.74) is 0. The predicted octanol–water partition coefficient (Wildman–Crippen LogP) is 4.02. The fraction of sp³-hybridized carbons (Fsp3) is 0.773. The van der Waals surface area contributed by atoms with Gasteiger partial charge in [0.1, 0.15) is 5.76 Å². The van der Waals surface area contributed by atoms with E-state index in [1.807, 2.05) is 6.07 Å². The molecule has 1 fully saturated rings. The number of likely N-dealkylation sites (tertiary alicyclic amines) is 1. The zero-order valence-corrected chi connectivity index (χ0v) is 20.7. The molecule has 168 valence electrons. The number of piperidine rings is 1. The highest BCUT2D eigenvalue weighted by molar-refractivity contribution is 14.0. The van der Waals surface area contributed by atoms with Crippen molar-refractivity contribution in [3.8, 4) is 0 Å². The summed E-state index contributed by atoms with van der Waals surface area (Å²) in [5.74, 6) is 2.90. The van der Waals surface area contributed by atoms with Gasteiger partial charge in [-0.1, -0.05) is 20.3 Å². The summed E-state index contributed by atoms with van der Waals surface area (Å²) < 4.78 is 5.75. The van der Waals surface area contributed by atoms with Crippen LogP contribution in [-0.4, -0.2) is 55.3 Å². The number of aliphatic imine (C=N–C) groups is 1. The Bertz CT molecular complexity index is 545. The van der Waals surface area contributed by atoms with Crippen molar-refractivity contribution in [2.24, 2.45) is 16.8 Å². The molecule has 0 amide bonds. The van der Waals surface area contributed by atoms with Crippen molar-refractivity contribution in [1.82, 2.24) is 15.5 Å². The lowest BCUT2D eigenvalue weighted by atomic mass is 9.94. The smallest absolute Gasteiger partial charge is 0.191 e. The van der Waals surface area contributed by atoms with Crippen LogP contribution in [0, 0.1) is 11.8 Å². The number of aliphatic hydroxyl groups is 1. The van der Waals surface area contributed by atoms with Gasteiger partial charge in [-0.25, -0.2) is 0 Å². The molecule has 3 N–H and O–H groups in total. The van der Waals surface area contributed by atoms with Gasteiger partial charge in [0, 0.05) is 26.2 Å². The average molecular weight is 521 g/mol. The molecular formula is C22H41IN4O2. The van der Waals surface area contributed by atoms with Gasteiger partial charge >= 0.3 is 0 Å². The molecule has 0 aromatic carbocycles. The first-order chi connectivity index (χ1) is 13.6. The number of nitrogens with one attached hydrogen (secondary N) is 2. The van der Waals surface area contributed by atoms with Crippen molar-refractivity contribution in [3.05, 3.63) is 24.2 Å². The molecule has 7 heteroatoms. The minimum atomic E-state index is 0. The normalized spacial score (nSPS) is 17.6. The summed E-state index contributed by atoms with van der Waals surface area (Å²) >= 11 is 0. The second-order valence-corrected chi connectivity index (χ2v) is 8.24. The molecule has 2 heterocycles. The van der Waals surface area contributed by atoms with Crippen LogP contribution in [0.25, 0.3) is 0 Å². The molecular weight excluding hydrogens is 479 g/mol. The third-order valence-corrected chi connectivity index (χ3v) is 5.36. The van der Waals surface area contributed by atoms with Gasteiger partial charge in [-0.2, -0.15) is 0 Å². The fourth-order valence-electron chi connectivity index (χ4n) is 4.01. The van der Waals surface area contributed by atoms with E-state index in [0.29, 0.717) is 11.8 Å². The van der Waals surface area contributed by atoms with Crippen LogP contribution in [0.3, 0.4) is 0 Å². The molecule has 6 nitrogen and oxygen atoms in total. The van der Waals surface area contributed by atoms with Crippen molar-refractivity contribution < 1.29 is 9.52 Å². The Hall–Kier alpha value is -0.800. The van der Waals surface area contributed by atoms with Gasteiger partial charge < -0.3 is 20.2 Å². The first-order valence-corrected chi connectivity index (χ1v) is 11.0. The van der Waals surface area contributed by atoms with E-state index in [9.17, 15) is 5.11 Å². The Morgan fingerprint density at radius 3 is 2.59 bits per heavy atom. The van der Waals surface area contributed by atoms with Crippen LogP contribution in [0.5, 0.6) is 0 Å². The van der Waals surface area contributed by atoms with E-state index in [0.717, 1.165) is 57.3 Å². The number of hydrogen-bond donors (Lipinski definition) is 3. The van der Waals surface area contributed by atoms with E-state index < -0.39 is 0 Å². The fourth-order valence-corrected chi connectivity index (χ4v) is 4.01. The molecule has 1 aromatic heterocycles. The third kappa shape index (κ3) is 9.70. The van der Waals surface area contributed by atoms with Crippen LogP contribution in [-0.2, 0) is 0 Å². The molecule has 29 heavy (non-hydrogen) atoms. The molecule has 1 aromatic rings. The number of guanidine groups is 1. The van der Waals surface area contributed by atoms with E-state index in [-0.39, 0.29) is 36.6 Å². The summed E-state index contributed by atoms with van der Waals surface area (Å²) in [6, 6.07) is 4.27. The molecule has 1 saturated heterocycles. The summed E-state index contributed by atoms with van der Waals surface area (Å²) in [7, 11) is 0. The van der Waals surface area contributed by atoms with Crippen molar-refractivity contribution in [2.45, 2.75) is 58.9 Å². The van der Waals surface area contributed by atoms with Gasteiger partial charge in [0.25, 0.3) is 0 Å². The first-order valence-electron chi connectivity index (χ1n) is 11.0. The Labute approximate surface area is 193 Å². The molecule has 0 aliphatic carbocycles. The van der Waals surface area contributed by atoms with Crippen LogP contribution in [0.4, 0.5) is 0 Å². The number of halogens is 1. The molecule has 1 aliphatic rings. The third-order valence-electron chi connectivity index (χ3n) is 5.36. The summed E-state index contributed by atoms with van der Waals surface area (Å²) in [6.07, 6.45) is 7.49.